The number of aliphatic hydroxyl groups is 1. The van der Waals surface area contributed by atoms with Gasteiger partial charge in [0.1, 0.15) is 5.71 Å². The Morgan fingerprint density at radius 1 is 1.30 bits per heavy atom. The van der Waals surface area contributed by atoms with Gasteiger partial charge in [0.15, 0.2) is 0 Å². The van der Waals surface area contributed by atoms with Crippen molar-refractivity contribution in [3.05, 3.63) is 39.9 Å². The summed E-state index contributed by atoms with van der Waals surface area (Å²) in [7, 11) is 0. The number of nitro groups is 1. The van der Waals surface area contributed by atoms with Gasteiger partial charge >= 0.3 is 0 Å². The first-order valence-corrected chi connectivity index (χ1v) is 6.12. The van der Waals surface area contributed by atoms with Crippen molar-refractivity contribution >= 4 is 17.3 Å². The van der Waals surface area contributed by atoms with Crippen LogP contribution in [-0.2, 0) is 0 Å². The zero-order chi connectivity index (χ0) is 17.4. The SMILES string of the molecule is O=C(c1ccc([N+](=O)[O-])cc1)N1N=C(C(F)F)C[C@]1(O)C(F)F. The van der Waals surface area contributed by atoms with Crippen LogP contribution >= 0.6 is 0 Å². The second-order valence-electron chi connectivity index (χ2n) is 4.67. The molecule has 1 aliphatic heterocycles. The molecule has 11 heteroatoms. The summed E-state index contributed by atoms with van der Waals surface area (Å²) in [5.41, 5.74) is -4.93. The van der Waals surface area contributed by atoms with Crippen molar-refractivity contribution in [1.29, 1.82) is 0 Å². The fraction of sp³-hybridized carbons (Fsp3) is 0.333. The standard InChI is InChI=1S/C12H9F4N3O4/c13-9(14)8-5-12(21,11(15)16)18(17-8)10(20)6-1-3-7(4-2-6)19(22)23/h1-4,9,11,21H,5H2/t12-/m0/s1. The molecule has 1 N–H and O–H groups in total. The Hall–Kier alpha value is -2.56. The lowest BCUT2D eigenvalue weighted by Gasteiger charge is -2.29. The highest BCUT2D eigenvalue weighted by molar-refractivity contribution is 5.99. The highest BCUT2D eigenvalue weighted by Gasteiger charge is 2.53. The molecule has 0 fully saturated rings. The number of hydrogen-bond donors (Lipinski definition) is 1. The van der Waals surface area contributed by atoms with Crippen molar-refractivity contribution in [3.63, 3.8) is 0 Å². The van der Waals surface area contributed by atoms with Gasteiger partial charge < -0.3 is 5.11 Å². The van der Waals surface area contributed by atoms with Gasteiger partial charge in [0, 0.05) is 24.1 Å². The van der Waals surface area contributed by atoms with Crippen molar-refractivity contribution in [2.45, 2.75) is 25.0 Å². The first-order chi connectivity index (χ1) is 10.7. The summed E-state index contributed by atoms with van der Waals surface area (Å²) in [5, 5.41) is 23.3. The lowest BCUT2D eigenvalue weighted by atomic mass is 10.1. The number of nitrogens with zero attached hydrogens (tertiary/aromatic N) is 3. The predicted molar refractivity (Wildman–Crippen MR) is 68.3 cm³/mol. The third kappa shape index (κ3) is 2.99. The molecule has 1 aromatic rings. The van der Waals surface area contributed by atoms with Crippen LogP contribution in [-0.4, -0.2) is 45.2 Å². The number of halogens is 4. The van der Waals surface area contributed by atoms with Gasteiger partial charge in [0.25, 0.3) is 24.4 Å². The minimum atomic E-state index is -3.54. The molecule has 1 aromatic carbocycles. The average molecular weight is 335 g/mol. The van der Waals surface area contributed by atoms with E-state index >= 15 is 0 Å². The fourth-order valence-electron chi connectivity index (χ4n) is 1.95. The summed E-state index contributed by atoms with van der Waals surface area (Å²) in [5.74, 6) is -1.28. The number of carbonyl (C=O) groups excluding carboxylic acids is 1. The molecule has 1 amide bonds. The number of benzene rings is 1. The maximum Gasteiger partial charge on any atom is 0.287 e. The molecule has 1 heterocycles. The second-order valence-corrected chi connectivity index (χ2v) is 4.67. The van der Waals surface area contributed by atoms with E-state index in [0.717, 1.165) is 24.3 Å². The lowest BCUT2D eigenvalue weighted by Crippen LogP contribution is -2.51. The van der Waals surface area contributed by atoms with E-state index in [1.807, 2.05) is 0 Å². The van der Waals surface area contributed by atoms with Gasteiger partial charge in [0.2, 0.25) is 5.72 Å². The minimum Gasteiger partial charge on any atom is -0.364 e. The Labute approximate surface area is 126 Å². The third-order valence-electron chi connectivity index (χ3n) is 3.16. The Bertz CT molecular complexity index is 665. The third-order valence-corrected chi connectivity index (χ3v) is 3.16. The summed E-state index contributed by atoms with van der Waals surface area (Å²) < 4.78 is 51.3. The van der Waals surface area contributed by atoms with E-state index in [4.69, 9.17) is 0 Å². The van der Waals surface area contributed by atoms with Crippen LogP contribution in [0.25, 0.3) is 0 Å². The van der Waals surface area contributed by atoms with Gasteiger partial charge in [-0.2, -0.15) is 10.1 Å². The molecule has 0 bridgehead atoms. The molecule has 7 nitrogen and oxygen atoms in total. The normalized spacial score (nSPS) is 21.0. The largest absolute Gasteiger partial charge is 0.364 e. The molecule has 0 aliphatic carbocycles. The van der Waals surface area contributed by atoms with Crippen molar-refractivity contribution in [3.8, 4) is 0 Å². The molecular formula is C12H9F4N3O4. The van der Waals surface area contributed by atoms with Crippen molar-refractivity contribution in [2.24, 2.45) is 5.10 Å². The number of hydrazone groups is 1. The Morgan fingerprint density at radius 3 is 2.30 bits per heavy atom. The number of nitro benzene ring substituents is 1. The van der Waals surface area contributed by atoms with Crippen LogP contribution in [0.2, 0.25) is 0 Å². The molecule has 2 rings (SSSR count). The molecule has 124 valence electrons. The Balaban J connectivity index is 2.36. The lowest BCUT2D eigenvalue weighted by molar-refractivity contribution is -0.384. The average Bonchev–Trinajstić information content (AvgIpc) is 2.86. The van der Waals surface area contributed by atoms with Gasteiger partial charge in [-0.3, -0.25) is 14.9 Å². The van der Waals surface area contributed by atoms with Crippen molar-refractivity contribution in [2.75, 3.05) is 0 Å². The number of hydrogen-bond acceptors (Lipinski definition) is 5. The van der Waals surface area contributed by atoms with Crippen LogP contribution in [0.5, 0.6) is 0 Å². The number of alkyl halides is 4. The Morgan fingerprint density at radius 2 is 1.87 bits per heavy atom. The van der Waals surface area contributed by atoms with Crippen LogP contribution in [0.15, 0.2) is 29.4 Å². The van der Waals surface area contributed by atoms with E-state index in [2.05, 4.69) is 5.10 Å². The zero-order valence-corrected chi connectivity index (χ0v) is 11.2. The van der Waals surface area contributed by atoms with Crippen LogP contribution in [0.1, 0.15) is 16.8 Å². The van der Waals surface area contributed by atoms with Crippen LogP contribution in [0, 0.1) is 10.1 Å². The molecule has 0 aromatic heterocycles. The predicted octanol–water partition coefficient (Wildman–Crippen LogP) is 2.02. The van der Waals surface area contributed by atoms with Gasteiger partial charge in [-0.05, 0) is 12.1 Å². The van der Waals surface area contributed by atoms with E-state index in [1.165, 1.54) is 0 Å². The summed E-state index contributed by atoms with van der Waals surface area (Å²) in [6.07, 6.45) is -7.94. The van der Waals surface area contributed by atoms with E-state index in [1.54, 1.807) is 0 Å². The van der Waals surface area contributed by atoms with E-state index < -0.39 is 41.5 Å². The molecule has 1 aliphatic rings. The topological polar surface area (TPSA) is 96.0 Å². The molecular weight excluding hydrogens is 326 g/mol. The van der Waals surface area contributed by atoms with Gasteiger partial charge in [-0.15, -0.1) is 0 Å². The van der Waals surface area contributed by atoms with Crippen molar-refractivity contribution in [1.82, 2.24) is 5.01 Å². The number of non-ortho nitro benzene ring substituents is 1. The van der Waals surface area contributed by atoms with E-state index in [-0.39, 0.29) is 16.3 Å². The monoisotopic (exact) mass is 335 g/mol. The van der Waals surface area contributed by atoms with Crippen LogP contribution in [0.3, 0.4) is 0 Å². The summed E-state index contributed by atoms with van der Waals surface area (Å²) in [4.78, 5) is 21.9. The minimum absolute atomic E-state index is 0.111. The van der Waals surface area contributed by atoms with E-state index in [9.17, 15) is 37.6 Å². The highest BCUT2D eigenvalue weighted by Crippen LogP contribution is 2.34. The summed E-state index contributed by atoms with van der Waals surface area (Å²) >= 11 is 0. The maximum atomic E-state index is 13.0. The maximum absolute atomic E-state index is 13.0. The molecule has 0 saturated heterocycles. The molecule has 0 spiro atoms. The summed E-state index contributed by atoms with van der Waals surface area (Å²) in [6.45, 7) is 0. The second kappa shape index (κ2) is 5.91. The molecule has 0 saturated carbocycles. The quantitative estimate of drug-likeness (QED) is 0.517. The molecule has 0 unspecified atom stereocenters. The molecule has 23 heavy (non-hydrogen) atoms. The fourth-order valence-corrected chi connectivity index (χ4v) is 1.95. The van der Waals surface area contributed by atoms with Crippen LogP contribution in [0.4, 0.5) is 23.2 Å². The Kier molecular flexibility index (Phi) is 4.32. The zero-order valence-electron chi connectivity index (χ0n) is 11.2. The van der Waals surface area contributed by atoms with Gasteiger partial charge in [-0.1, -0.05) is 0 Å². The van der Waals surface area contributed by atoms with Crippen molar-refractivity contribution < 1.29 is 32.4 Å². The summed E-state index contributed by atoms with van der Waals surface area (Å²) in [6, 6.07) is 3.76. The van der Waals surface area contributed by atoms with E-state index in [0.29, 0.717) is 0 Å². The molecule has 1 atom stereocenters. The first kappa shape index (κ1) is 16.8. The smallest absolute Gasteiger partial charge is 0.287 e. The van der Waals surface area contributed by atoms with Crippen LogP contribution < -0.4 is 0 Å². The van der Waals surface area contributed by atoms with Gasteiger partial charge in [-0.25, -0.2) is 17.6 Å². The van der Waals surface area contributed by atoms with Gasteiger partial charge in [0.05, 0.1) is 4.92 Å². The number of carbonyl (C=O) groups is 1. The number of amides is 1. The molecule has 0 radical (unpaired) electrons. The first-order valence-electron chi connectivity index (χ1n) is 6.12. The highest BCUT2D eigenvalue weighted by atomic mass is 19.3. The number of rotatable bonds is 4.